The summed E-state index contributed by atoms with van der Waals surface area (Å²) in [5, 5.41) is 12.9. The van der Waals surface area contributed by atoms with E-state index in [0.29, 0.717) is 58.9 Å². The van der Waals surface area contributed by atoms with E-state index in [-0.39, 0.29) is 12.3 Å². The SMILES string of the molecule is CO[C@@]1(c2cc(C#N)cc(-c3cn([C@H]4CC4(F)F)c4cnc(NC(C)=O)cc34)n2)CCOC1. The van der Waals surface area contributed by atoms with Crippen LogP contribution in [0.3, 0.4) is 0 Å². The maximum Gasteiger partial charge on any atom is 0.270 e. The van der Waals surface area contributed by atoms with E-state index >= 15 is 0 Å². The van der Waals surface area contributed by atoms with Gasteiger partial charge in [-0.1, -0.05) is 0 Å². The van der Waals surface area contributed by atoms with Crippen LogP contribution in [-0.4, -0.2) is 46.7 Å². The fraction of sp³-hybridized carbons (Fsp3) is 0.391. The normalized spacial score (nSPS) is 23.4. The van der Waals surface area contributed by atoms with E-state index in [1.165, 1.54) is 17.7 Å². The number of methoxy groups -OCH3 is 1. The number of hydrogen-bond acceptors (Lipinski definition) is 6. The zero-order valence-corrected chi connectivity index (χ0v) is 18.1. The van der Waals surface area contributed by atoms with Crippen LogP contribution in [0.1, 0.15) is 37.1 Å². The van der Waals surface area contributed by atoms with Crippen LogP contribution in [0.25, 0.3) is 22.2 Å². The van der Waals surface area contributed by atoms with Gasteiger partial charge in [0, 0.05) is 50.6 Å². The lowest BCUT2D eigenvalue weighted by Crippen LogP contribution is -2.30. The van der Waals surface area contributed by atoms with Gasteiger partial charge in [-0.05, 0) is 18.2 Å². The van der Waals surface area contributed by atoms with Crippen LogP contribution in [0.4, 0.5) is 14.6 Å². The van der Waals surface area contributed by atoms with Gasteiger partial charge >= 0.3 is 0 Å². The summed E-state index contributed by atoms with van der Waals surface area (Å²) in [7, 11) is 1.57. The van der Waals surface area contributed by atoms with Crippen LogP contribution in [0.15, 0.2) is 30.6 Å². The van der Waals surface area contributed by atoms with E-state index in [9.17, 15) is 18.8 Å². The van der Waals surface area contributed by atoms with E-state index in [1.807, 2.05) is 0 Å². The van der Waals surface area contributed by atoms with E-state index in [2.05, 4.69) is 16.4 Å². The molecule has 2 fully saturated rings. The molecule has 0 spiro atoms. The number of ether oxygens (including phenoxy) is 2. The second-order valence-electron chi connectivity index (χ2n) is 8.44. The van der Waals surface area contributed by atoms with Crippen molar-refractivity contribution in [3.63, 3.8) is 0 Å². The summed E-state index contributed by atoms with van der Waals surface area (Å²) in [5.41, 5.74) is 1.63. The minimum absolute atomic E-state index is 0.259. The van der Waals surface area contributed by atoms with Crippen molar-refractivity contribution in [1.82, 2.24) is 14.5 Å². The molecule has 1 aliphatic carbocycles. The summed E-state index contributed by atoms with van der Waals surface area (Å²) in [6.07, 6.45) is 3.41. The molecular weight excluding hydrogens is 432 g/mol. The first-order valence-electron chi connectivity index (χ1n) is 10.5. The number of nitrogens with zero attached hydrogens (tertiary/aromatic N) is 4. The molecule has 0 unspecified atom stereocenters. The molecular formula is C23H21F2N5O3. The summed E-state index contributed by atoms with van der Waals surface area (Å²) < 4.78 is 40.7. The predicted octanol–water partition coefficient (Wildman–Crippen LogP) is 3.77. The lowest BCUT2D eigenvalue weighted by molar-refractivity contribution is -0.114. The number of carbonyl (C=O) groups is 1. The number of anilines is 1. The van der Waals surface area contributed by atoms with E-state index < -0.39 is 17.6 Å². The van der Waals surface area contributed by atoms with Crippen molar-refractivity contribution in [3.05, 3.63) is 41.9 Å². The van der Waals surface area contributed by atoms with Crippen LogP contribution < -0.4 is 5.32 Å². The number of carbonyl (C=O) groups excluding carboxylic acids is 1. The van der Waals surface area contributed by atoms with E-state index in [0.717, 1.165) is 0 Å². The number of alkyl halides is 2. The zero-order chi connectivity index (χ0) is 23.4. The highest BCUT2D eigenvalue weighted by molar-refractivity contribution is 5.98. The van der Waals surface area contributed by atoms with Gasteiger partial charge in [-0.15, -0.1) is 0 Å². The van der Waals surface area contributed by atoms with Gasteiger partial charge in [-0.2, -0.15) is 5.26 Å². The van der Waals surface area contributed by atoms with Crippen LogP contribution >= 0.6 is 0 Å². The molecule has 170 valence electrons. The summed E-state index contributed by atoms with van der Waals surface area (Å²) >= 11 is 0. The van der Waals surface area contributed by atoms with Gasteiger partial charge in [-0.25, -0.2) is 18.7 Å². The van der Waals surface area contributed by atoms with Crippen LogP contribution in [0, 0.1) is 11.3 Å². The van der Waals surface area contributed by atoms with Gasteiger partial charge < -0.3 is 19.4 Å². The van der Waals surface area contributed by atoms with Gasteiger partial charge in [0.1, 0.15) is 17.5 Å². The van der Waals surface area contributed by atoms with Crippen LogP contribution in [0.5, 0.6) is 0 Å². The Balaban J connectivity index is 1.71. The molecule has 2 atom stereocenters. The molecule has 0 aromatic carbocycles. The standard InChI is InChI=1S/C23H21F2N5O3/c1-13(31)28-21-7-15-16(11-30(18(15)10-27-21)20-8-23(20,24)25)17-5-14(9-26)6-19(29-17)22(32-2)3-4-33-12-22/h5-7,10-11,20H,3-4,8,12H2,1-2H3,(H,27,28,31)/t20-,22-/m0/s1. The van der Waals surface area contributed by atoms with Crippen molar-refractivity contribution < 1.29 is 23.0 Å². The number of pyridine rings is 2. The number of rotatable bonds is 5. The lowest BCUT2D eigenvalue weighted by atomic mass is 9.95. The van der Waals surface area contributed by atoms with Gasteiger partial charge in [0.25, 0.3) is 5.92 Å². The molecule has 1 saturated carbocycles. The summed E-state index contributed by atoms with van der Waals surface area (Å²) in [6, 6.07) is 6.09. The molecule has 4 heterocycles. The van der Waals surface area contributed by atoms with E-state index in [4.69, 9.17) is 14.5 Å². The Hall–Kier alpha value is -3.42. The highest BCUT2D eigenvalue weighted by Gasteiger charge is 2.58. The molecule has 1 amide bonds. The Morgan fingerprint density at radius 2 is 2.18 bits per heavy atom. The Labute approximate surface area is 188 Å². The third-order valence-electron chi connectivity index (χ3n) is 6.23. The Kier molecular flexibility index (Phi) is 4.92. The van der Waals surface area contributed by atoms with Crippen LogP contribution in [-0.2, 0) is 19.9 Å². The largest absolute Gasteiger partial charge is 0.378 e. The topological polar surface area (TPSA) is 102 Å². The number of amides is 1. The number of nitriles is 1. The lowest BCUT2D eigenvalue weighted by Gasteiger charge is -2.25. The van der Waals surface area contributed by atoms with Crippen molar-refractivity contribution in [2.45, 2.75) is 37.3 Å². The number of fused-ring (bicyclic) bond motifs is 1. The molecule has 1 aliphatic heterocycles. The Morgan fingerprint density at radius 3 is 2.79 bits per heavy atom. The maximum atomic E-state index is 14.0. The maximum absolute atomic E-state index is 14.0. The third-order valence-corrected chi connectivity index (χ3v) is 6.23. The van der Waals surface area contributed by atoms with E-state index in [1.54, 1.807) is 31.5 Å². The minimum atomic E-state index is -2.80. The molecule has 0 radical (unpaired) electrons. The van der Waals surface area contributed by atoms with Crippen molar-refractivity contribution >= 4 is 22.6 Å². The monoisotopic (exact) mass is 453 g/mol. The van der Waals surface area contributed by atoms with Gasteiger partial charge in [-0.3, -0.25) is 4.79 Å². The minimum Gasteiger partial charge on any atom is -0.378 e. The second-order valence-corrected chi connectivity index (χ2v) is 8.44. The van der Waals surface area contributed by atoms with Crippen molar-refractivity contribution in [2.75, 3.05) is 25.6 Å². The number of nitrogens with one attached hydrogen (secondary N) is 1. The molecule has 10 heteroatoms. The first-order chi connectivity index (χ1) is 15.8. The quantitative estimate of drug-likeness (QED) is 0.631. The Bertz CT molecular complexity index is 1310. The summed E-state index contributed by atoms with van der Waals surface area (Å²) in [6.45, 7) is 2.17. The molecule has 0 bridgehead atoms. The Morgan fingerprint density at radius 1 is 1.39 bits per heavy atom. The first-order valence-corrected chi connectivity index (χ1v) is 10.5. The summed E-state index contributed by atoms with van der Waals surface area (Å²) in [5.74, 6) is -2.80. The second kappa shape index (κ2) is 7.57. The van der Waals surface area contributed by atoms with Gasteiger partial charge in [0.15, 0.2) is 0 Å². The molecule has 5 rings (SSSR count). The van der Waals surface area contributed by atoms with Crippen LogP contribution in [0.2, 0.25) is 0 Å². The van der Waals surface area contributed by atoms with Crippen molar-refractivity contribution in [1.29, 1.82) is 5.26 Å². The molecule has 1 N–H and O–H groups in total. The van der Waals surface area contributed by atoms with Crippen molar-refractivity contribution in [2.24, 2.45) is 0 Å². The smallest absolute Gasteiger partial charge is 0.270 e. The first kappa shape index (κ1) is 21.4. The molecule has 33 heavy (non-hydrogen) atoms. The molecule has 3 aromatic rings. The fourth-order valence-corrected chi connectivity index (χ4v) is 4.34. The average molecular weight is 453 g/mol. The zero-order valence-electron chi connectivity index (χ0n) is 18.1. The molecule has 2 aliphatic rings. The summed E-state index contributed by atoms with van der Waals surface area (Å²) in [4.78, 5) is 20.5. The predicted molar refractivity (Wildman–Crippen MR) is 115 cm³/mol. The van der Waals surface area contributed by atoms with Gasteiger partial charge in [0.2, 0.25) is 5.91 Å². The third kappa shape index (κ3) is 3.63. The molecule has 3 aromatic heterocycles. The molecule has 1 saturated heterocycles. The average Bonchev–Trinajstić information content (AvgIpc) is 3.14. The number of aromatic nitrogens is 3. The molecule has 8 nitrogen and oxygen atoms in total. The number of hydrogen-bond donors (Lipinski definition) is 1. The van der Waals surface area contributed by atoms with Crippen molar-refractivity contribution in [3.8, 4) is 17.3 Å². The number of halogens is 2. The highest BCUT2D eigenvalue weighted by Crippen LogP contribution is 2.54. The highest BCUT2D eigenvalue weighted by atomic mass is 19.3. The fourth-order valence-electron chi connectivity index (χ4n) is 4.34. The van der Waals surface area contributed by atoms with Gasteiger partial charge in [0.05, 0.1) is 41.3 Å².